The average molecular weight is 556 g/mol. The van der Waals surface area contributed by atoms with E-state index >= 15 is 0 Å². The summed E-state index contributed by atoms with van der Waals surface area (Å²) in [6.45, 7) is 5.17. The highest BCUT2D eigenvalue weighted by atomic mass is 35.5. The van der Waals surface area contributed by atoms with E-state index < -0.39 is 28.5 Å². The predicted octanol–water partition coefficient (Wildman–Crippen LogP) is 4.58. The molecule has 0 aliphatic rings. The summed E-state index contributed by atoms with van der Waals surface area (Å²) >= 11 is 6.22. The Morgan fingerprint density at radius 2 is 1.58 bits per heavy atom. The average Bonchev–Trinajstić information content (AvgIpc) is 2.84. The monoisotopic (exact) mass is 555 g/mol. The molecule has 0 aliphatic heterocycles. The lowest BCUT2D eigenvalue weighted by molar-refractivity contribution is -0.140. The number of nitrogens with one attached hydrogen (secondary N) is 1. The molecular weight excluding hydrogens is 522 g/mol. The first kappa shape index (κ1) is 29.2. The minimum atomic E-state index is -3.80. The van der Waals surface area contributed by atoms with Gasteiger partial charge in [-0.25, -0.2) is 8.42 Å². The Morgan fingerprint density at radius 3 is 2.18 bits per heavy atom. The van der Waals surface area contributed by atoms with Crippen LogP contribution in [-0.4, -0.2) is 50.0 Å². The largest absolute Gasteiger partial charge is 0.352 e. The van der Waals surface area contributed by atoms with E-state index in [0.717, 1.165) is 27.3 Å². The van der Waals surface area contributed by atoms with E-state index in [1.165, 1.54) is 4.90 Å². The van der Waals surface area contributed by atoms with Crippen molar-refractivity contribution in [2.24, 2.45) is 0 Å². The molecular formula is C29H34ClN3O4S. The van der Waals surface area contributed by atoms with Gasteiger partial charge in [0.25, 0.3) is 0 Å². The molecule has 0 aromatic heterocycles. The molecule has 0 spiro atoms. The molecule has 3 aromatic carbocycles. The van der Waals surface area contributed by atoms with Gasteiger partial charge in [0, 0.05) is 24.0 Å². The van der Waals surface area contributed by atoms with Gasteiger partial charge >= 0.3 is 0 Å². The summed E-state index contributed by atoms with van der Waals surface area (Å²) in [4.78, 5) is 28.9. The second kappa shape index (κ2) is 12.9. The number of rotatable bonds is 11. The highest BCUT2D eigenvalue weighted by molar-refractivity contribution is 7.92. The molecule has 7 nitrogen and oxygen atoms in total. The first-order valence-corrected chi connectivity index (χ1v) is 14.6. The van der Waals surface area contributed by atoms with Gasteiger partial charge in [0.1, 0.15) is 12.6 Å². The normalized spacial score (nSPS) is 12.2. The molecule has 3 aromatic rings. The van der Waals surface area contributed by atoms with Crippen LogP contribution < -0.4 is 9.62 Å². The van der Waals surface area contributed by atoms with Gasteiger partial charge in [-0.15, -0.1) is 0 Å². The Balaban J connectivity index is 2.06. The van der Waals surface area contributed by atoms with E-state index in [0.29, 0.717) is 10.7 Å². The van der Waals surface area contributed by atoms with Gasteiger partial charge in [-0.05, 0) is 61.7 Å². The van der Waals surface area contributed by atoms with Crippen LogP contribution in [0.2, 0.25) is 5.02 Å². The second-order valence-corrected chi connectivity index (χ2v) is 12.0. The summed E-state index contributed by atoms with van der Waals surface area (Å²) in [6, 6.07) is 22.4. The molecule has 0 saturated carbocycles. The van der Waals surface area contributed by atoms with Crippen LogP contribution in [0.25, 0.3) is 0 Å². The van der Waals surface area contributed by atoms with E-state index in [-0.39, 0.29) is 24.9 Å². The quantitative estimate of drug-likeness (QED) is 0.375. The van der Waals surface area contributed by atoms with E-state index in [4.69, 9.17) is 11.6 Å². The summed E-state index contributed by atoms with van der Waals surface area (Å²) in [5, 5.41) is 3.43. The number of aryl methyl sites for hydroxylation is 1. The number of carbonyl (C=O) groups is 2. The first-order valence-electron chi connectivity index (χ1n) is 12.4. The number of carbonyl (C=O) groups excluding carboxylic acids is 2. The highest BCUT2D eigenvalue weighted by Crippen LogP contribution is 2.22. The molecule has 202 valence electrons. The van der Waals surface area contributed by atoms with Crippen molar-refractivity contribution in [1.82, 2.24) is 10.2 Å². The minimum absolute atomic E-state index is 0.0772. The second-order valence-electron chi connectivity index (χ2n) is 9.63. The van der Waals surface area contributed by atoms with Crippen molar-refractivity contribution in [3.63, 3.8) is 0 Å². The van der Waals surface area contributed by atoms with Crippen molar-refractivity contribution in [2.75, 3.05) is 17.1 Å². The van der Waals surface area contributed by atoms with Gasteiger partial charge in [-0.1, -0.05) is 66.2 Å². The summed E-state index contributed by atoms with van der Waals surface area (Å²) in [5.74, 6) is -0.822. The Bertz CT molecular complexity index is 1360. The molecule has 0 fully saturated rings. The zero-order valence-electron chi connectivity index (χ0n) is 22.1. The summed E-state index contributed by atoms with van der Waals surface area (Å²) in [5.41, 5.74) is 2.84. The standard InChI is InChI=1S/C29H34ClN3O4S/c1-21(2)31-29(35)27(18-23-11-6-5-7-12-23)32(19-24-13-9-14-25(30)17-24)28(34)20-33(38(4,36)37)26-15-8-10-22(3)16-26/h5-17,21,27H,18-20H2,1-4H3,(H,31,35). The number of hydrogen-bond donors (Lipinski definition) is 1. The molecule has 9 heteroatoms. The molecule has 3 rings (SSSR count). The molecule has 0 aliphatic carbocycles. The Kier molecular flexibility index (Phi) is 9.94. The first-order chi connectivity index (χ1) is 17.9. The van der Waals surface area contributed by atoms with Crippen LogP contribution >= 0.6 is 11.6 Å². The van der Waals surface area contributed by atoms with Crippen LogP contribution in [0.1, 0.15) is 30.5 Å². The van der Waals surface area contributed by atoms with Crippen LogP contribution in [-0.2, 0) is 32.6 Å². The molecule has 1 unspecified atom stereocenters. The molecule has 1 N–H and O–H groups in total. The zero-order valence-corrected chi connectivity index (χ0v) is 23.7. The molecule has 38 heavy (non-hydrogen) atoms. The maximum absolute atomic E-state index is 14.0. The van der Waals surface area contributed by atoms with Gasteiger partial charge in [-0.3, -0.25) is 13.9 Å². The molecule has 0 radical (unpaired) electrons. The van der Waals surface area contributed by atoms with Crippen molar-refractivity contribution < 1.29 is 18.0 Å². The van der Waals surface area contributed by atoms with Crippen LogP contribution in [0.15, 0.2) is 78.9 Å². The van der Waals surface area contributed by atoms with Crippen LogP contribution in [0, 0.1) is 6.92 Å². The van der Waals surface area contributed by atoms with Crippen molar-refractivity contribution in [3.8, 4) is 0 Å². The van der Waals surface area contributed by atoms with Crippen LogP contribution in [0.3, 0.4) is 0 Å². The smallest absolute Gasteiger partial charge is 0.244 e. The van der Waals surface area contributed by atoms with Crippen molar-refractivity contribution in [3.05, 3.63) is 101 Å². The van der Waals surface area contributed by atoms with Crippen LogP contribution in [0.5, 0.6) is 0 Å². The SMILES string of the molecule is Cc1cccc(N(CC(=O)N(Cc2cccc(Cl)c2)C(Cc2ccccc2)C(=O)NC(C)C)S(C)(=O)=O)c1. The van der Waals surface area contributed by atoms with Gasteiger partial charge in [0.15, 0.2) is 0 Å². The van der Waals surface area contributed by atoms with Crippen molar-refractivity contribution in [1.29, 1.82) is 0 Å². The summed E-state index contributed by atoms with van der Waals surface area (Å²) in [6.07, 6.45) is 1.33. The molecule has 0 saturated heterocycles. The topological polar surface area (TPSA) is 86.8 Å². The third-order valence-electron chi connectivity index (χ3n) is 5.91. The lowest BCUT2D eigenvalue weighted by atomic mass is 10.0. The number of hydrogen-bond acceptors (Lipinski definition) is 4. The number of amides is 2. The summed E-state index contributed by atoms with van der Waals surface area (Å²) in [7, 11) is -3.80. The van der Waals surface area contributed by atoms with E-state index in [1.54, 1.807) is 36.4 Å². The predicted molar refractivity (Wildman–Crippen MR) is 153 cm³/mol. The van der Waals surface area contributed by atoms with E-state index in [9.17, 15) is 18.0 Å². The third kappa shape index (κ3) is 8.33. The maximum Gasteiger partial charge on any atom is 0.244 e. The number of sulfonamides is 1. The van der Waals surface area contributed by atoms with E-state index in [2.05, 4.69) is 5.32 Å². The zero-order chi connectivity index (χ0) is 27.9. The molecule has 0 heterocycles. The fraction of sp³-hybridized carbons (Fsp3) is 0.310. The van der Waals surface area contributed by atoms with Crippen molar-refractivity contribution in [2.45, 2.75) is 45.8 Å². The minimum Gasteiger partial charge on any atom is -0.352 e. The number of nitrogens with zero attached hydrogens (tertiary/aromatic N) is 2. The number of benzene rings is 3. The lowest BCUT2D eigenvalue weighted by Crippen LogP contribution is -2.54. The van der Waals surface area contributed by atoms with Crippen LogP contribution in [0.4, 0.5) is 5.69 Å². The summed E-state index contributed by atoms with van der Waals surface area (Å²) < 4.78 is 26.7. The lowest BCUT2D eigenvalue weighted by Gasteiger charge is -2.34. The fourth-order valence-electron chi connectivity index (χ4n) is 4.16. The Hall–Kier alpha value is -3.36. The van der Waals surface area contributed by atoms with Gasteiger partial charge in [-0.2, -0.15) is 0 Å². The maximum atomic E-state index is 14.0. The van der Waals surface area contributed by atoms with E-state index in [1.807, 2.05) is 63.2 Å². The fourth-order valence-corrected chi connectivity index (χ4v) is 5.22. The van der Waals surface area contributed by atoms with Gasteiger partial charge < -0.3 is 10.2 Å². The van der Waals surface area contributed by atoms with Crippen molar-refractivity contribution >= 4 is 39.1 Å². The number of halogens is 1. The van der Waals surface area contributed by atoms with Gasteiger partial charge in [0.2, 0.25) is 21.8 Å². The Labute approximate surface area is 230 Å². The Morgan fingerprint density at radius 1 is 0.921 bits per heavy atom. The highest BCUT2D eigenvalue weighted by Gasteiger charge is 2.33. The van der Waals surface area contributed by atoms with Gasteiger partial charge in [0.05, 0.1) is 11.9 Å². The molecule has 1 atom stereocenters. The third-order valence-corrected chi connectivity index (χ3v) is 7.29. The molecule has 0 bridgehead atoms. The number of anilines is 1. The molecule has 2 amide bonds.